The van der Waals surface area contributed by atoms with Gasteiger partial charge in [0.1, 0.15) is 0 Å². The number of nitrogens with two attached hydrogens (primary N) is 1. The van der Waals surface area contributed by atoms with E-state index in [0.29, 0.717) is 12.1 Å². The number of ether oxygens (including phenoxy) is 1. The monoisotopic (exact) mass is 274 g/mol. The molecule has 1 saturated heterocycles. The van der Waals surface area contributed by atoms with Gasteiger partial charge in [-0.15, -0.1) is 0 Å². The van der Waals surface area contributed by atoms with E-state index in [0.717, 1.165) is 30.8 Å². The van der Waals surface area contributed by atoms with Gasteiger partial charge in [0.2, 0.25) is 0 Å². The van der Waals surface area contributed by atoms with Gasteiger partial charge in [-0.1, -0.05) is 0 Å². The van der Waals surface area contributed by atoms with Gasteiger partial charge in [-0.05, 0) is 30.2 Å². The standard InChI is InChI=1S/C13H17F3N2O/c1-19-11-4-5-18(8-11)12-3-2-10(13(14,15)16)6-9(12)7-17/h2-3,6,11H,4-5,7-8,17H2,1H3. The van der Waals surface area contributed by atoms with Crippen LogP contribution in [0.15, 0.2) is 18.2 Å². The van der Waals surface area contributed by atoms with Gasteiger partial charge >= 0.3 is 6.18 Å². The second kappa shape index (κ2) is 5.38. The van der Waals surface area contributed by atoms with Gasteiger partial charge in [-0.25, -0.2) is 0 Å². The third-order valence-corrected chi connectivity index (χ3v) is 3.45. The zero-order valence-corrected chi connectivity index (χ0v) is 10.7. The van der Waals surface area contributed by atoms with Crippen LogP contribution in [0.3, 0.4) is 0 Å². The number of rotatable bonds is 3. The Morgan fingerprint density at radius 2 is 2.16 bits per heavy atom. The minimum Gasteiger partial charge on any atom is -0.380 e. The molecule has 1 aromatic carbocycles. The summed E-state index contributed by atoms with van der Waals surface area (Å²) in [6.45, 7) is 1.55. The summed E-state index contributed by atoms with van der Waals surface area (Å²) in [5, 5.41) is 0. The fraction of sp³-hybridized carbons (Fsp3) is 0.538. The molecular weight excluding hydrogens is 257 g/mol. The van der Waals surface area contributed by atoms with E-state index in [2.05, 4.69) is 0 Å². The summed E-state index contributed by atoms with van der Waals surface area (Å²) >= 11 is 0. The summed E-state index contributed by atoms with van der Waals surface area (Å²) in [6.07, 6.45) is -3.32. The van der Waals surface area contributed by atoms with Crippen LogP contribution in [0.2, 0.25) is 0 Å². The molecule has 1 fully saturated rings. The van der Waals surface area contributed by atoms with Crippen molar-refractivity contribution < 1.29 is 17.9 Å². The summed E-state index contributed by atoms with van der Waals surface area (Å²) in [5.41, 5.74) is 6.21. The normalized spacial score (nSPS) is 20.1. The van der Waals surface area contributed by atoms with Crippen molar-refractivity contribution in [3.8, 4) is 0 Å². The minimum atomic E-state index is -4.33. The van der Waals surface area contributed by atoms with Crippen LogP contribution in [0.4, 0.5) is 18.9 Å². The van der Waals surface area contributed by atoms with Crippen molar-refractivity contribution in [1.82, 2.24) is 0 Å². The Hall–Kier alpha value is -1.27. The van der Waals surface area contributed by atoms with Crippen LogP contribution in [0.25, 0.3) is 0 Å². The molecule has 19 heavy (non-hydrogen) atoms. The van der Waals surface area contributed by atoms with Crippen LogP contribution in [-0.4, -0.2) is 26.3 Å². The predicted octanol–water partition coefficient (Wildman–Crippen LogP) is 2.39. The SMILES string of the molecule is COC1CCN(c2ccc(C(F)(F)F)cc2CN)C1. The summed E-state index contributed by atoms with van der Waals surface area (Å²) in [5.74, 6) is 0. The first kappa shape index (κ1) is 14.1. The van der Waals surface area contributed by atoms with E-state index >= 15 is 0 Å². The molecule has 6 heteroatoms. The summed E-state index contributed by atoms with van der Waals surface area (Å²) in [7, 11) is 1.64. The quantitative estimate of drug-likeness (QED) is 0.919. The lowest BCUT2D eigenvalue weighted by atomic mass is 10.1. The molecule has 0 radical (unpaired) electrons. The van der Waals surface area contributed by atoms with Crippen molar-refractivity contribution >= 4 is 5.69 Å². The molecule has 0 spiro atoms. The molecule has 0 aliphatic carbocycles. The van der Waals surface area contributed by atoms with Crippen molar-refractivity contribution in [3.63, 3.8) is 0 Å². The maximum absolute atomic E-state index is 12.7. The van der Waals surface area contributed by atoms with E-state index in [1.807, 2.05) is 4.90 Å². The summed E-state index contributed by atoms with van der Waals surface area (Å²) < 4.78 is 43.2. The highest BCUT2D eigenvalue weighted by Crippen LogP contribution is 2.33. The molecular formula is C13H17F3N2O. The highest BCUT2D eigenvalue weighted by Gasteiger charge is 2.32. The molecule has 0 bridgehead atoms. The van der Waals surface area contributed by atoms with Crippen LogP contribution in [-0.2, 0) is 17.5 Å². The number of hydrogen-bond donors (Lipinski definition) is 1. The van der Waals surface area contributed by atoms with Gasteiger partial charge in [0.05, 0.1) is 11.7 Å². The highest BCUT2D eigenvalue weighted by atomic mass is 19.4. The van der Waals surface area contributed by atoms with Gasteiger partial charge in [-0.2, -0.15) is 13.2 Å². The van der Waals surface area contributed by atoms with E-state index in [-0.39, 0.29) is 12.6 Å². The average molecular weight is 274 g/mol. The number of nitrogens with zero attached hydrogens (tertiary/aromatic N) is 1. The van der Waals surface area contributed by atoms with Crippen molar-refractivity contribution in [2.24, 2.45) is 5.73 Å². The molecule has 1 aromatic rings. The molecule has 1 unspecified atom stereocenters. The summed E-state index contributed by atoms with van der Waals surface area (Å²) in [6, 6.07) is 3.74. The Bertz CT molecular complexity index is 448. The fourth-order valence-corrected chi connectivity index (χ4v) is 2.37. The summed E-state index contributed by atoms with van der Waals surface area (Å²) in [4.78, 5) is 2.02. The van der Waals surface area contributed by atoms with E-state index in [1.54, 1.807) is 7.11 Å². The molecule has 1 atom stereocenters. The first-order chi connectivity index (χ1) is 8.95. The molecule has 106 valence electrons. The lowest BCUT2D eigenvalue weighted by Crippen LogP contribution is -2.24. The fourth-order valence-electron chi connectivity index (χ4n) is 2.37. The van der Waals surface area contributed by atoms with Crippen molar-refractivity contribution in [2.45, 2.75) is 25.2 Å². The lowest BCUT2D eigenvalue weighted by molar-refractivity contribution is -0.137. The Labute approximate surface area is 110 Å². The molecule has 1 aliphatic rings. The Morgan fingerprint density at radius 3 is 2.68 bits per heavy atom. The topological polar surface area (TPSA) is 38.5 Å². The molecule has 0 aromatic heterocycles. The van der Waals surface area contributed by atoms with Crippen LogP contribution in [0, 0.1) is 0 Å². The second-order valence-electron chi connectivity index (χ2n) is 4.64. The first-order valence-electron chi connectivity index (χ1n) is 6.13. The van der Waals surface area contributed by atoms with Crippen LogP contribution >= 0.6 is 0 Å². The smallest absolute Gasteiger partial charge is 0.380 e. The average Bonchev–Trinajstić information content (AvgIpc) is 2.85. The zero-order valence-electron chi connectivity index (χ0n) is 10.7. The third-order valence-electron chi connectivity index (χ3n) is 3.45. The van der Waals surface area contributed by atoms with Crippen molar-refractivity contribution in [3.05, 3.63) is 29.3 Å². The first-order valence-corrected chi connectivity index (χ1v) is 6.13. The molecule has 3 nitrogen and oxygen atoms in total. The van der Waals surface area contributed by atoms with Gasteiger partial charge in [0.25, 0.3) is 0 Å². The maximum Gasteiger partial charge on any atom is 0.416 e. The highest BCUT2D eigenvalue weighted by molar-refractivity contribution is 5.56. The van der Waals surface area contributed by atoms with Crippen molar-refractivity contribution in [2.75, 3.05) is 25.1 Å². The van der Waals surface area contributed by atoms with E-state index in [1.165, 1.54) is 6.07 Å². The van der Waals surface area contributed by atoms with E-state index in [4.69, 9.17) is 10.5 Å². The molecule has 1 aliphatic heterocycles. The lowest BCUT2D eigenvalue weighted by Gasteiger charge is -2.22. The predicted molar refractivity (Wildman–Crippen MR) is 67.0 cm³/mol. The largest absolute Gasteiger partial charge is 0.416 e. The van der Waals surface area contributed by atoms with Crippen LogP contribution in [0.5, 0.6) is 0 Å². The number of benzene rings is 1. The Morgan fingerprint density at radius 1 is 1.42 bits per heavy atom. The van der Waals surface area contributed by atoms with Gasteiger partial charge < -0.3 is 15.4 Å². The van der Waals surface area contributed by atoms with Gasteiger partial charge in [0.15, 0.2) is 0 Å². The van der Waals surface area contributed by atoms with Crippen molar-refractivity contribution in [1.29, 1.82) is 0 Å². The van der Waals surface area contributed by atoms with Gasteiger partial charge in [-0.3, -0.25) is 0 Å². The molecule has 0 saturated carbocycles. The number of methoxy groups -OCH3 is 1. The molecule has 2 N–H and O–H groups in total. The Kier molecular flexibility index (Phi) is 4.01. The number of hydrogen-bond acceptors (Lipinski definition) is 3. The Balaban J connectivity index is 2.27. The maximum atomic E-state index is 12.7. The van der Waals surface area contributed by atoms with E-state index in [9.17, 15) is 13.2 Å². The number of halogens is 3. The van der Waals surface area contributed by atoms with Gasteiger partial charge in [0, 0.05) is 32.4 Å². The van der Waals surface area contributed by atoms with Crippen LogP contribution in [0.1, 0.15) is 17.5 Å². The van der Waals surface area contributed by atoms with Crippen LogP contribution < -0.4 is 10.6 Å². The third kappa shape index (κ3) is 3.01. The van der Waals surface area contributed by atoms with E-state index < -0.39 is 11.7 Å². The number of alkyl halides is 3. The zero-order chi connectivity index (χ0) is 14.0. The molecule has 2 rings (SSSR count). The minimum absolute atomic E-state index is 0.0907. The number of anilines is 1. The second-order valence-corrected chi connectivity index (χ2v) is 4.64. The molecule has 0 amide bonds. The molecule has 1 heterocycles.